The molecule has 1 fully saturated rings. The number of hydrogen-bond acceptors (Lipinski definition) is 4. The van der Waals surface area contributed by atoms with E-state index in [1.54, 1.807) is 7.11 Å². The van der Waals surface area contributed by atoms with Crippen molar-refractivity contribution in [2.75, 3.05) is 26.8 Å². The molecule has 1 atom stereocenters. The molecule has 1 heterocycles. The van der Waals surface area contributed by atoms with Crippen molar-refractivity contribution in [3.8, 4) is 5.75 Å². The van der Waals surface area contributed by atoms with Crippen molar-refractivity contribution in [1.82, 2.24) is 4.90 Å². The maximum absolute atomic E-state index is 9.15. The molecule has 0 aromatic heterocycles. The van der Waals surface area contributed by atoms with E-state index < -0.39 is 0 Å². The van der Waals surface area contributed by atoms with Crippen LogP contribution in [0.1, 0.15) is 17.5 Å². The SMILES string of the molecule is COc1cc(CN2CCC(CO)C2)ccc1C(N)=S. The molecule has 0 radical (unpaired) electrons. The van der Waals surface area contributed by atoms with Gasteiger partial charge in [0.05, 0.1) is 12.7 Å². The number of ether oxygens (including phenoxy) is 1. The number of aliphatic hydroxyl groups is 1. The maximum Gasteiger partial charge on any atom is 0.129 e. The van der Waals surface area contributed by atoms with Crippen molar-refractivity contribution in [3.63, 3.8) is 0 Å². The highest BCUT2D eigenvalue weighted by Crippen LogP contribution is 2.23. The van der Waals surface area contributed by atoms with E-state index in [0.29, 0.717) is 10.9 Å². The molecule has 4 nitrogen and oxygen atoms in total. The lowest BCUT2D eigenvalue weighted by Gasteiger charge is -2.17. The molecule has 1 aliphatic rings. The van der Waals surface area contributed by atoms with Crippen molar-refractivity contribution in [2.45, 2.75) is 13.0 Å². The summed E-state index contributed by atoms with van der Waals surface area (Å²) in [6, 6.07) is 5.93. The van der Waals surface area contributed by atoms with E-state index in [4.69, 9.17) is 27.8 Å². The predicted octanol–water partition coefficient (Wildman–Crippen LogP) is 1.14. The number of methoxy groups -OCH3 is 1. The fraction of sp³-hybridized carbons (Fsp3) is 0.500. The minimum Gasteiger partial charge on any atom is -0.496 e. The van der Waals surface area contributed by atoms with Crippen molar-refractivity contribution in [3.05, 3.63) is 29.3 Å². The second kappa shape index (κ2) is 6.32. The second-order valence-electron chi connectivity index (χ2n) is 4.97. The van der Waals surface area contributed by atoms with Crippen LogP contribution in [0.4, 0.5) is 0 Å². The van der Waals surface area contributed by atoms with Crippen LogP contribution in [-0.2, 0) is 6.54 Å². The molecule has 1 aliphatic heterocycles. The number of rotatable bonds is 5. The van der Waals surface area contributed by atoms with E-state index in [0.717, 1.165) is 37.4 Å². The Morgan fingerprint density at radius 2 is 2.37 bits per heavy atom. The molecule has 104 valence electrons. The van der Waals surface area contributed by atoms with E-state index in [-0.39, 0.29) is 6.61 Å². The smallest absolute Gasteiger partial charge is 0.129 e. The fourth-order valence-corrected chi connectivity index (χ4v) is 2.67. The average Bonchev–Trinajstić information content (AvgIpc) is 2.86. The number of aliphatic hydroxyl groups excluding tert-OH is 1. The summed E-state index contributed by atoms with van der Waals surface area (Å²) < 4.78 is 5.33. The summed E-state index contributed by atoms with van der Waals surface area (Å²) in [5.41, 5.74) is 7.60. The first-order valence-electron chi connectivity index (χ1n) is 6.44. The summed E-state index contributed by atoms with van der Waals surface area (Å²) in [6.45, 7) is 3.13. The molecule has 0 aliphatic carbocycles. The standard InChI is InChI=1S/C14H20N2O2S/c1-18-13-6-10(2-3-12(13)14(15)19)7-16-5-4-11(8-16)9-17/h2-3,6,11,17H,4-5,7-9H2,1H3,(H2,15,19). The minimum absolute atomic E-state index is 0.278. The highest BCUT2D eigenvalue weighted by Gasteiger charge is 2.21. The van der Waals surface area contributed by atoms with Crippen molar-refractivity contribution in [2.24, 2.45) is 11.7 Å². The Bertz CT molecular complexity index is 465. The zero-order valence-electron chi connectivity index (χ0n) is 11.1. The average molecular weight is 280 g/mol. The quantitative estimate of drug-likeness (QED) is 0.792. The lowest BCUT2D eigenvalue weighted by Crippen LogP contribution is -2.21. The molecule has 0 saturated carbocycles. The molecule has 0 spiro atoms. The van der Waals surface area contributed by atoms with Crippen LogP contribution in [0.5, 0.6) is 5.75 Å². The van der Waals surface area contributed by atoms with Gasteiger partial charge < -0.3 is 15.6 Å². The molecule has 5 heteroatoms. The molecule has 2 rings (SSSR count). The minimum atomic E-state index is 0.278. The molecule has 1 saturated heterocycles. The molecule has 0 amide bonds. The Morgan fingerprint density at radius 3 is 2.95 bits per heavy atom. The van der Waals surface area contributed by atoms with E-state index in [9.17, 15) is 0 Å². The van der Waals surface area contributed by atoms with E-state index in [2.05, 4.69) is 4.90 Å². The molecule has 1 aromatic rings. The monoisotopic (exact) mass is 280 g/mol. The van der Waals surface area contributed by atoms with Gasteiger partial charge >= 0.3 is 0 Å². The summed E-state index contributed by atoms with van der Waals surface area (Å²) in [5, 5.41) is 9.15. The molecule has 1 unspecified atom stereocenters. The van der Waals surface area contributed by atoms with Crippen LogP contribution in [0.25, 0.3) is 0 Å². The van der Waals surface area contributed by atoms with E-state index in [1.807, 2.05) is 18.2 Å². The van der Waals surface area contributed by atoms with Crippen LogP contribution in [-0.4, -0.2) is 41.8 Å². The number of hydrogen-bond donors (Lipinski definition) is 2. The number of benzene rings is 1. The third-order valence-electron chi connectivity index (χ3n) is 3.57. The lowest BCUT2D eigenvalue weighted by molar-refractivity contribution is 0.220. The Hall–Kier alpha value is -1.17. The Balaban J connectivity index is 2.07. The second-order valence-corrected chi connectivity index (χ2v) is 5.41. The van der Waals surface area contributed by atoms with Gasteiger partial charge in [-0.05, 0) is 36.6 Å². The van der Waals surface area contributed by atoms with Gasteiger partial charge in [-0.3, -0.25) is 4.90 Å². The fourth-order valence-electron chi connectivity index (χ4n) is 2.50. The third kappa shape index (κ3) is 3.43. The number of likely N-dealkylation sites (tertiary alicyclic amines) is 1. The number of thiocarbonyl (C=S) groups is 1. The number of nitrogens with two attached hydrogens (primary N) is 1. The first kappa shape index (κ1) is 14.2. The Morgan fingerprint density at radius 1 is 1.58 bits per heavy atom. The highest BCUT2D eigenvalue weighted by atomic mass is 32.1. The molecular weight excluding hydrogens is 260 g/mol. The van der Waals surface area contributed by atoms with E-state index >= 15 is 0 Å². The number of nitrogens with zero attached hydrogens (tertiary/aromatic N) is 1. The van der Waals surface area contributed by atoms with Gasteiger partial charge in [-0.2, -0.15) is 0 Å². The molecule has 0 bridgehead atoms. The molecule has 1 aromatic carbocycles. The maximum atomic E-state index is 9.15. The Labute approximate surface area is 119 Å². The van der Waals surface area contributed by atoms with Gasteiger partial charge in [0.15, 0.2) is 0 Å². The van der Waals surface area contributed by atoms with Crippen LogP contribution in [0.3, 0.4) is 0 Å². The normalized spacial score (nSPS) is 19.6. The predicted molar refractivity (Wildman–Crippen MR) is 79.4 cm³/mol. The van der Waals surface area contributed by atoms with Gasteiger partial charge in [-0.25, -0.2) is 0 Å². The van der Waals surface area contributed by atoms with Crippen molar-refractivity contribution >= 4 is 17.2 Å². The van der Waals surface area contributed by atoms with E-state index in [1.165, 1.54) is 5.56 Å². The van der Waals surface area contributed by atoms with Crippen LogP contribution in [0.15, 0.2) is 18.2 Å². The summed E-state index contributed by atoms with van der Waals surface area (Å²) in [5.74, 6) is 1.14. The van der Waals surface area contributed by atoms with Gasteiger partial charge in [0.2, 0.25) is 0 Å². The van der Waals surface area contributed by atoms with Crippen LogP contribution >= 0.6 is 12.2 Å². The van der Waals surface area contributed by atoms with Gasteiger partial charge in [-0.15, -0.1) is 0 Å². The molecule has 19 heavy (non-hydrogen) atoms. The Kier molecular flexibility index (Phi) is 4.74. The largest absolute Gasteiger partial charge is 0.496 e. The summed E-state index contributed by atoms with van der Waals surface area (Å²) in [7, 11) is 1.62. The third-order valence-corrected chi connectivity index (χ3v) is 3.79. The van der Waals surface area contributed by atoms with Crippen molar-refractivity contribution < 1.29 is 9.84 Å². The molecule has 3 N–H and O–H groups in total. The molecular formula is C14H20N2O2S. The lowest BCUT2D eigenvalue weighted by atomic mass is 10.1. The first-order chi connectivity index (χ1) is 9.13. The summed E-state index contributed by atoms with van der Waals surface area (Å²) >= 11 is 4.99. The topological polar surface area (TPSA) is 58.7 Å². The van der Waals surface area contributed by atoms with Gasteiger partial charge in [-0.1, -0.05) is 18.3 Å². The van der Waals surface area contributed by atoms with Gasteiger partial charge in [0.25, 0.3) is 0 Å². The van der Waals surface area contributed by atoms with Crippen LogP contribution in [0, 0.1) is 5.92 Å². The van der Waals surface area contributed by atoms with Crippen LogP contribution < -0.4 is 10.5 Å². The summed E-state index contributed by atoms with van der Waals surface area (Å²) in [4.78, 5) is 2.70. The highest BCUT2D eigenvalue weighted by molar-refractivity contribution is 7.80. The summed E-state index contributed by atoms with van der Waals surface area (Å²) in [6.07, 6.45) is 1.07. The van der Waals surface area contributed by atoms with Gasteiger partial charge in [0.1, 0.15) is 10.7 Å². The van der Waals surface area contributed by atoms with Crippen LogP contribution in [0.2, 0.25) is 0 Å². The van der Waals surface area contributed by atoms with Gasteiger partial charge in [0, 0.05) is 19.7 Å². The zero-order valence-corrected chi connectivity index (χ0v) is 11.9. The van der Waals surface area contributed by atoms with Crippen molar-refractivity contribution in [1.29, 1.82) is 0 Å². The zero-order chi connectivity index (χ0) is 13.8. The first-order valence-corrected chi connectivity index (χ1v) is 6.84.